The van der Waals surface area contributed by atoms with Crippen LogP contribution in [-0.2, 0) is 0 Å². The summed E-state index contributed by atoms with van der Waals surface area (Å²) in [6.07, 6.45) is 0. The molecule has 16 heavy (non-hydrogen) atoms. The van der Waals surface area contributed by atoms with Gasteiger partial charge in [0.15, 0.2) is 0 Å². The Labute approximate surface area is 97.3 Å². The molecule has 0 bridgehead atoms. The Balaban J connectivity index is 2.49. The molecule has 0 aliphatic rings. The Bertz CT molecular complexity index is 486. The van der Waals surface area contributed by atoms with Crippen molar-refractivity contribution in [2.24, 2.45) is 0 Å². The smallest absolute Gasteiger partial charge is 0.0367 e. The van der Waals surface area contributed by atoms with Crippen molar-refractivity contribution in [3.63, 3.8) is 0 Å². The van der Waals surface area contributed by atoms with Crippen LogP contribution >= 0.6 is 0 Å². The van der Waals surface area contributed by atoms with Crippen molar-refractivity contribution in [2.45, 2.75) is 6.92 Å². The van der Waals surface area contributed by atoms with Crippen LogP contribution in [0.15, 0.2) is 42.5 Å². The second-order valence-corrected chi connectivity index (χ2v) is 4.17. The highest BCUT2D eigenvalue weighted by Gasteiger charge is 2.02. The number of benzene rings is 2. The van der Waals surface area contributed by atoms with Crippen molar-refractivity contribution < 1.29 is 0 Å². The Morgan fingerprint density at radius 2 is 1.81 bits per heavy atom. The van der Waals surface area contributed by atoms with Crippen LogP contribution in [0.3, 0.4) is 0 Å². The zero-order chi connectivity index (χ0) is 11.5. The molecule has 0 aliphatic carbocycles. The van der Waals surface area contributed by atoms with Gasteiger partial charge in [0.25, 0.3) is 0 Å². The standard InChI is InChI=1S/C15H16N/c1-12-7-4-5-10-15(12)13-8-6-9-14(11-13)16(2)3/h4-7,9-11H,1-3H3. The Kier molecular flexibility index (Phi) is 2.95. The van der Waals surface area contributed by atoms with Crippen molar-refractivity contribution in [1.29, 1.82) is 0 Å². The molecule has 0 unspecified atom stereocenters. The third-order valence-electron chi connectivity index (χ3n) is 2.74. The molecule has 1 nitrogen and oxygen atoms in total. The molecule has 0 fully saturated rings. The predicted molar refractivity (Wildman–Crippen MR) is 69.8 cm³/mol. The van der Waals surface area contributed by atoms with E-state index in [4.69, 9.17) is 0 Å². The van der Waals surface area contributed by atoms with E-state index in [0.717, 1.165) is 5.56 Å². The molecule has 0 spiro atoms. The molecule has 0 aromatic heterocycles. The molecule has 0 saturated heterocycles. The van der Waals surface area contributed by atoms with E-state index < -0.39 is 0 Å². The molecule has 1 radical (unpaired) electrons. The molecule has 2 aromatic rings. The van der Waals surface area contributed by atoms with Crippen molar-refractivity contribution in [2.75, 3.05) is 19.0 Å². The maximum atomic E-state index is 3.29. The van der Waals surface area contributed by atoms with Crippen LogP contribution in [0, 0.1) is 13.0 Å². The van der Waals surface area contributed by atoms with Gasteiger partial charge in [-0.1, -0.05) is 30.3 Å². The fraction of sp³-hybridized carbons (Fsp3) is 0.200. The molecule has 81 valence electrons. The predicted octanol–water partition coefficient (Wildman–Crippen LogP) is 3.53. The molecular formula is C15H16N. The summed E-state index contributed by atoms with van der Waals surface area (Å²) in [6.45, 7) is 2.13. The quantitative estimate of drug-likeness (QED) is 0.733. The van der Waals surface area contributed by atoms with Crippen molar-refractivity contribution in [1.82, 2.24) is 0 Å². The minimum atomic E-state index is 1.16. The van der Waals surface area contributed by atoms with E-state index in [1.165, 1.54) is 16.8 Å². The molecule has 0 saturated carbocycles. The first-order valence-electron chi connectivity index (χ1n) is 5.43. The summed E-state index contributed by atoms with van der Waals surface area (Å²) in [6, 6.07) is 17.9. The van der Waals surface area contributed by atoms with Crippen molar-refractivity contribution in [3.8, 4) is 11.1 Å². The Morgan fingerprint density at radius 1 is 1.06 bits per heavy atom. The van der Waals surface area contributed by atoms with E-state index in [1.54, 1.807) is 0 Å². The highest BCUT2D eigenvalue weighted by molar-refractivity contribution is 5.70. The van der Waals surface area contributed by atoms with Gasteiger partial charge in [-0.3, -0.25) is 0 Å². The normalized spacial score (nSPS) is 10.2. The van der Waals surface area contributed by atoms with Gasteiger partial charge in [0, 0.05) is 19.8 Å². The number of aryl methyl sites for hydroxylation is 1. The van der Waals surface area contributed by atoms with Gasteiger partial charge in [0.05, 0.1) is 0 Å². The molecule has 0 aliphatic heterocycles. The van der Waals surface area contributed by atoms with Crippen LogP contribution in [0.1, 0.15) is 5.56 Å². The molecule has 0 N–H and O–H groups in total. The summed E-state index contributed by atoms with van der Waals surface area (Å²) in [5.41, 5.74) is 4.90. The summed E-state index contributed by atoms with van der Waals surface area (Å²) in [4.78, 5) is 2.11. The zero-order valence-corrected chi connectivity index (χ0v) is 9.99. The van der Waals surface area contributed by atoms with Gasteiger partial charge in [-0.25, -0.2) is 0 Å². The van der Waals surface area contributed by atoms with E-state index in [-0.39, 0.29) is 0 Å². The van der Waals surface area contributed by atoms with E-state index in [9.17, 15) is 0 Å². The number of hydrogen-bond donors (Lipinski definition) is 0. The Hall–Kier alpha value is -1.76. The molecule has 1 heteroatoms. The molecule has 0 atom stereocenters. The lowest BCUT2D eigenvalue weighted by Gasteiger charge is -2.14. The van der Waals surface area contributed by atoms with E-state index >= 15 is 0 Å². The first-order valence-corrected chi connectivity index (χ1v) is 5.43. The summed E-state index contributed by atoms with van der Waals surface area (Å²) in [5.74, 6) is 0. The van der Waals surface area contributed by atoms with Crippen molar-refractivity contribution >= 4 is 5.69 Å². The van der Waals surface area contributed by atoms with Gasteiger partial charge >= 0.3 is 0 Å². The monoisotopic (exact) mass is 210 g/mol. The molecule has 2 aromatic carbocycles. The Morgan fingerprint density at radius 3 is 2.50 bits per heavy atom. The highest BCUT2D eigenvalue weighted by atomic mass is 15.1. The number of rotatable bonds is 2. The van der Waals surface area contributed by atoms with Gasteiger partial charge < -0.3 is 4.90 Å². The minimum absolute atomic E-state index is 1.16. The minimum Gasteiger partial charge on any atom is -0.378 e. The van der Waals surface area contributed by atoms with E-state index in [0.29, 0.717) is 0 Å². The van der Waals surface area contributed by atoms with Crippen LogP contribution in [-0.4, -0.2) is 14.1 Å². The lowest BCUT2D eigenvalue weighted by atomic mass is 10.0. The third-order valence-corrected chi connectivity index (χ3v) is 2.74. The number of hydrogen-bond acceptors (Lipinski definition) is 1. The summed E-state index contributed by atoms with van der Waals surface area (Å²) in [7, 11) is 4.11. The first kappa shape index (κ1) is 10.7. The molecule has 2 rings (SSSR count). The highest BCUT2D eigenvalue weighted by Crippen LogP contribution is 2.25. The van der Waals surface area contributed by atoms with Gasteiger partial charge in [-0.15, -0.1) is 0 Å². The zero-order valence-electron chi connectivity index (χ0n) is 9.99. The van der Waals surface area contributed by atoms with E-state index in [1.807, 2.05) is 6.07 Å². The molecular weight excluding hydrogens is 194 g/mol. The van der Waals surface area contributed by atoms with Gasteiger partial charge in [0.1, 0.15) is 0 Å². The first-order chi connectivity index (χ1) is 7.68. The van der Waals surface area contributed by atoms with Crippen LogP contribution < -0.4 is 4.90 Å². The second-order valence-electron chi connectivity index (χ2n) is 4.17. The number of nitrogens with zero attached hydrogens (tertiary/aromatic N) is 1. The van der Waals surface area contributed by atoms with E-state index in [2.05, 4.69) is 68.4 Å². The second kappa shape index (κ2) is 4.40. The maximum absolute atomic E-state index is 3.29. The largest absolute Gasteiger partial charge is 0.378 e. The van der Waals surface area contributed by atoms with Crippen LogP contribution in [0.5, 0.6) is 0 Å². The lowest BCUT2D eigenvalue weighted by molar-refractivity contribution is 1.13. The topological polar surface area (TPSA) is 3.24 Å². The van der Waals surface area contributed by atoms with Gasteiger partial charge in [-0.05, 0) is 41.8 Å². The van der Waals surface area contributed by atoms with Crippen LogP contribution in [0.2, 0.25) is 0 Å². The summed E-state index contributed by atoms with van der Waals surface area (Å²) >= 11 is 0. The summed E-state index contributed by atoms with van der Waals surface area (Å²) < 4.78 is 0. The van der Waals surface area contributed by atoms with Gasteiger partial charge in [-0.2, -0.15) is 0 Å². The lowest BCUT2D eigenvalue weighted by Crippen LogP contribution is -2.08. The third kappa shape index (κ3) is 2.08. The van der Waals surface area contributed by atoms with Crippen LogP contribution in [0.25, 0.3) is 11.1 Å². The van der Waals surface area contributed by atoms with Crippen molar-refractivity contribution in [3.05, 3.63) is 54.1 Å². The molecule has 0 heterocycles. The summed E-state index contributed by atoms with van der Waals surface area (Å²) in [5, 5.41) is 0. The van der Waals surface area contributed by atoms with Gasteiger partial charge in [0.2, 0.25) is 0 Å². The average molecular weight is 210 g/mol. The number of anilines is 1. The fourth-order valence-corrected chi connectivity index (χ4v) is 1.76. The maximum Gasteiger partial charge on any atom is 0.0367 e. The SMILES string of the molecule is Cc1ccccc1-c1[c]ccc(N(C)C)c1. The fourth-order valence-electron chi connectivity index (χ4n) is 1.76. The molecule has 0 amide bonds. The average Bonchev–Trinajstić information content (AvgIpc) is 2.30. The van der Waals surface area contributed by atoms with Crippen LogP contribution in [0.4, 0.5) is 5.69 Å².